The maximum atomic E-state index is 12.3. The number of rotatable bonds is 3. The molecule has 0 radical (unpaired) electrons. The van der Waals surface area contributed by atoms with Crippen molar-refractivity contribution in [3.05, 3.63) is 57.9 Å². The maximum Gasteiger partial charge on any atom is 0.254 e. The van der Waals surface area contributed by atoms with Crippen molar-refractivity contribution < 1.29 is 4.79 Å². The smallest absolute Gasteiger partial charge is 0.254 e. The molecule has 1 heterocycles. The first-order chi connectivity index (χ1) is 9.88. The average Bonchev–Trinajstić information content (AvgIpc) is 2.41. The minimum absolute atomic E-state index is 0.121. The number of anilines is 1. The third-order valence-electron chi connectivity index (χ3n) is 3.39. The van der Waals surface area contributed by atoms with Crippen LogP contribution in [0.5, 0.6) is 0 Å². The predicted octanol–water partition coefficient (Wildman–Crippen LogP) is 3.43. The van der Waals surface area contributed by atoms with Crippen LogP contribution in [0.4, 0.5) is 5.69 Å². The van der Waals surface area contributed by atoms with Crippen molar-refractivity contribution in [3.63, 3.8) is 0 Å². The highest BCUT2D eigenvalue weighted by molar-refractivity contribution is 6.29. The van der Waals surface area contributed by atoms with Gasteiger partial charge >= 0.3 is 0 Å². The SMILES string of the molecule is Cc1ccc(C(C)NC(=O)c2cc(Cl)ncc2N)c(C)c1. The Morgan fingerprint density at radius 2 is 2.05 bits per heavy atom. The van der Waals surface area contributed by atoms with Crippen molar-refractivity contribution >= 4 is 23.2 Å². The molecule has 2 aromatic rings. The van der Waals surface area contributed by atoms with Gasteiger partial charge in [-0.15, -0.1) is 0 Å². The molecule has 2 rings (SSSR count). The van der Waals surface area contributed by atoms with Crippen LogP contribution in [0.1, 0.15) is 40.0 Å². The predicted molar refractivity (Wildman–Crippen MR) is 85.5 cm³/mol. The van der Waals surface area contributed by atoms with Crippen molar-refractivity contribution in [1.82, 2.24) is 10.3 Å². The van der Waals surface area contributed by atoms with E-state index in [9.17, 15) is 4.79 Å². The summed E-state index contributed by atoms with van der Waals surface area (Å²) in [4.78, 5) is 16.1. The Bertz CT molecular complexity index is 685. The molecule has 0 saturated carbocycles. The van der Waals surface area contributed by atoms with E-state index in [0.717, 1.165) is 11.1 Å². The molecule has 0 aliphatic heterocycles. The number of hydrogen-bond donors (Lipinski definition) is 2. The van der Waals surface area contributed by atoms with Crippen LogP contribution in [-0.2, 0) is 0 Å². The second kappa shape index (κ2) is 6.14. The van der Waals surface area contributed by atoms with Gasteiger partial charge in [-0.25, -0.2) is 4.98 Å². The van der Waals surface area contributed by atoms with Gasteiger partial charge in [0.1, 0.15) is 5.15 Å². The zero-order valence-corrected chi connectivity index (χ0v) is 13.0. The highest BCUT2D eigenvalue weighted by Gasteiger charge is 2.16. The second-order valence-electron chi connectivity index (χ2n) is 5.15. The zero-order valence-electron chi connectivity index (χ0n) is 12.3. The Hall–Kier alpha value is -2.07. The van der Waals surface area contributed by atoms with Gasteiger partial charge in [0, 0.05) is 0 Å². The van der Waals surface area contributed by atoms with E-state index in [2.05, 4.69) is 16.4 Å². The molecular weight excluding hydrogens is 286 g/mol. The molecule has 0 aliphatic carbocycles. The topological polar surface area (TPSA) is 68.0 Å². The standard InChI is InChI=1S/C16H18ClN3O/c1-9-4-5-12(10(2)6-9)11(3)20-16(21)13-7-15(17)19-8-14(13)18/h4-8,11H,18H2,1-3H3,(H,20,21). The first-order valence-corrected chi connectivity index (χ1v) is 7.05. The number of amides is 1. The number of nitrogens with zero attached hydrogens (tertiary/aromatic N) is 1. The van der Waals surface area contributed by atoms with E-state index in [4.69, 9.17) is 17.3 Å². The monoisotopic (exact) mass is 303 g/mol. The molecule has 1 aromatic carbocycles. The van der Waals surface area contributed by atoms with Crippen LogP contribution in [0.15, 0.2) is 30.5 Å². The fourth-order valence-corrected chi connectivity index (χ4v) is 2.46. The molecule has 1 unspecified atom stereocenters. The summed E-state index contributed by atoms with van der Waals surface area (Å²) in [7, 11) is 0. The Balaban J connectivity index is 2.20. The van der Waals surface area contributed by atoms with Gasteiger partial charge in [-0.3, -0.25) is 4.79 Å². The zero-order chi connectivity index (χ0) is 15.6. The number of aryl methyl sites for hydroxylation is 2. The summed E-state index contributed by atoms with van der Waals surface area (Å²) in [5, 5.41) is 3.18. The van der Waals surface area contributed by atoms with Crippen LogP contribution in [0.2, 0.25) is 5.15 Å². The number of halogens is 1. The van der Waals surface area contributed by atoms with Gasteiger partial charge in [0.2, 0.25) is 0 Å². The van der Waals surface area contributed by atoms with Gasteiger partial charge < -0.3 is 11.1 Å². The molecule has 21 heavy (non-hydrogen) atoms. The molecule has 1 aromatic heterocycles. The fourth-order valence-electron chi connectivity index (χ4n) is 2.30. The summed E-state index contributed by atoms with van der Waals surface area (Å²) in [6, 6.07) is 7.50. The Labute approximate surface area is 129 Å². The van der Waals surface area contributed by atoms with Gasteiger partial charge in [0.05, 0.1) is 23.5 Å². The third kappa shape index (κ3) is 3.52. The van der Waals surface area contributed by atoms with Crippen LogP contribution in [0.3, 0.4) is 0 Å². The summed E-state index contributed by atoms with van der Waals surface area (Å²) in [6.07, 6.45) is 1.39. The number of nitrogen functional groups attached to an aromatic ring is 1. The molecule has 0 bridgehead atoms. The average molecular weight is 304 g/mol. The van der Waals surface area contributed by atoms with E-state index in [0.29, 0.717) is 11.3 Å². The van der Waals surface area contributed by atoms with E-state index in [1.54, 1.807) is 0 Å². The maximum absolute atomic E-state index is 12.3. The van der Waals surface area contributed by atoms with Crippen molar-refractivity contribution in [2.45, 2.75) is 26.8 Å². The van der Waals surface area contributed by atoms with Crippen LogP contribution < -0.4 is 11.1 Å². The Kier molecular flexibility index (Phi) is 4.48. The normalized spacial score (nSPS) is 12.0. The summed E-state index contributed by atoms with van der Waals surface area (Å²) in [5.41, 5.74) is 9.84. The molecule has 110 valence electrons. The third-order valence-corrected chi connectivity index (χ3v) is 3.59. The molecule has 1 amide bonds. The van der Waals surface area contributed by atoms with E-state index < -0.39 is 0 Å². The summed E-state index contributed by atoms with van der Waals surface area (Å²) in [6.45, 7) is 6.01. The Morgan fingerprint density at radius 3 is 2.71 bits per heavy atom. The fraction of sp³-hybridized carbons (Fsp3) is 0.250. The molecule has 0 aliphatic rings. The van der Waals surface area contributed by atoms with Gasteiger partial charge in [-0.2, -0.15) is 0 Å². The van der Waals surface area contributed by atoms with Crippen molar-refractivity contribution in [3.8, 4) is 0 Å². The van der Waals surface area contributed by atoms with E-state index >= 15 is 0 Å². The lowest BCUT2D eigenvalue weighted by Gasteiger charge is -2.17. The Morgan fingerprint density at radius 1 is 1.33 bits per heavy atom. The largest absolute Gasteiger partial charge is 0.397 e. The first-order valence-electron chi connectivity index (χ1n) is 6.67. The van der Waals surface area contributed by atoms with Crippen molar-refractivity contribution in [2.24, 2.45) is 0 Å². The molecular formula is C16H18ClN3O. The number of carbonyl (C=O) groups excluding carboxylic acids is 1. The molecule has 1 atom stereocenters. The molecule has 0 spiro atoms. The highest BCUT2D eigenvalue weighted by atomic mass is 35.5. The van der Waals surface area contributed by atoms with Gasteiger partial charge in [0.25, 0.3) is 5.91 Å². The summed E-state index contributed by atoms with van der Waals surface area (Å²) >= 11 is 5.81. The first kappa shape index (κ1) is 15.3. The minimum Gasteiger partial charge on any atom is -0.397 e. The highest BCUT2D eigenvalue weighted by Crippen LogP contribution is 2.20. The van der Waals surface area contributed by atoms with Crippen LogP contribution in [0, 0.1) is 13.8 Å². The number of hydrogen-bond acceptors (Lipinski definition) is 3. The van der Waals surface area contributed by atoms with Crippen molar-refractivity contribution in [1.29, 1.82) is 0 Å². The molecule has 0 fully saturated rings. The second-order valence-corrected chi connectivity index (χ2v) is 5.54. The number of nitrogens with two attached hydrogens (primary N) is 1. The summed E-state index contributed by atoms with van der Waals surface area (Å²) in [5.74, 6) is -0.260. The van der Waals surface area contributed by atoms with E-state index in [1.807, 2.05) is 32.9 Å². The van der Waals surface area contributed by atoms with Crippen LogP contribution >= 0.6 is 11.6 Å². The molecule has 3 N–H and O–H groups in total. The van der Waals surface area contributed by atoms with Crippen molar-refractivity contribution in [2.75, 3.05) is 5.73 Å². The van der Waals surface area contributed by atoms with Gasteiger partial charge in [0.15, 0.2) is 0 Å². The minimum atomic E-state index is -0.260. The lowest BCUT2D eigenvalue weighted by Crippen LogP contribution is -2.28. The molecule has 4 nitrogen and oxygen atoms in total. The summed E-state index contributed by atoms with van der Waals surface area (Å²) < 4.78 is 0. The van der Waals surface area contributed by atoms with E-state index in [1.165, 1.54) is 17.8 Å². The van der Waals surface area contributed by atoms with Crippen LogP contribution in [-0.4, -0.2) is 10.9 Å². The van der Waals surface area contributed by atoms with Gasteiger partial charge in [-0.1, -0.05) is 35.4 Å². The lowest BCUT2D eigenvalue weighted by molar-refractivity contribution is 0.0940. The number of carbonyl (C=O) groups is 1. The quantitative estimate of drug-likeness (QED) is 0.854. The lowest BCUT2D eigenvalue weighted by atomic mass is 10.00. The van der Waals surface area contributed by atoms with Gasteiger partial charge in [-0.05, 0) is 38.0 Å². The number of nitrogens with one attached hydrogen (secondary N) is 1. The number of benzene rings is 1. The van der Waals surface area contributed by atoms with E-state index in [-0.39, 0.29) is 17.1 Å². The number of pyridine rings is 1. The number of aromatic nitrogens is 1. The van der Waals surface area contributed by atoms with Crippen LogP contribution in [0.25, 0.3) is 0 Å². The molecule has 5 heteroatoms. The molecule has 0 saturated heterocycles.